The van der Waals surface area contributed by atoms with Gasteiger partial charge in [0, 0.05) is 5.56 Å². The van der Waals surface area contributed by atoms with E-state index in [0.717, 1.165) is 11.1 Å². The van der Waals surface area contributed by atoms with Crippen LogP contribution in [-0.4, -0.2) is 11.1 Å². The molecular weight excluding hydrogens is 268 g/mol. The van der Waals surface area contributed by atoms with Gasteiger partial charge in [0.05, 0.1) is 0 Å². The topological polar surface area (TPSA) is 37.3 Å². The van der Waals surface area contributed by atoms with Gasteiger partial charge in [-0.1, -0.05) is 45.9 Å². The number of hydrogen-bond acceptors (Lipinski definition) is 2. The Morgan fingerprint density at radius 2 is 1.75 bits per heavy atom. The van der Waals surface area contributed by atoms with E-state index < -0.39 is 5.97 Å². The molecule has 0 amide bonds. The molecule has 0 radical (unpaired) electrons. The van der Waals surface area contributed by atoms with E-state index in [-0.39, 0.29) is 0 Å². The van der Waals surface area contributed by atoms with Crippen LogP contribution in [0.3, 0.4) is 0 Å². The molecular formula is C17H20O2S. The van der Waals surface area contributed by atoms with Crippen molar-refractivity contribution in [2.24, 2.45) is 0 Å². The highest BCUT2D eigenvalue weighted by Crippen LogP contribution is 2.35. The van der Waals surface area contributed by atoms with Crippen molar-refractivity contribution in [3.05, 3.63) is 45.6 Å². The van der Waals surface area contributed by atoms with E-state index in [1.165, 1.54) is 22.5 Å². The lowest BCUT2D eigenvalue weighted by molar-refractivity contribution is 0.0703. The Balaban J connectivity index is 2.61. The standard InChI is InChI=1S/C17H20O2S/c1-10(2)12-5-6-13(15(9-12)11(3)4)14-7-8-20-16(14)17(18)19/h5-11H,1-4H3,(H,18,19). The van der Waals surface area contributed by atoms with Crippen molar-refractivity contribution >= 4 is 17.3 Å². The van der Waals surface area contributed by atoms with Crippen molar-refractivity contribution < 1.29 is 9.90 Å². The second kappa shape index (κ2) is 5.80. The van der Waals surface area contributed by atoms with E-state index >= 15 is 0 Å². The Morgan fingerprint density at radius 3 is 2.30 bits per heavy atom. The highest BCUT2D eigenvalue weighted by Gasteiger charge is 2.18. The lowest BCUT2D eigenvalue weighted by atomic mass is 9.89. The summed E-state index contributed by atoms with van der Waals surface area (Å²) < 4.78 is 0. The molecule has 0 saturated heterocycles. The number of hydrogen-bond donors (Lipinski definition) is 1. The molecule has 106 valence electrons. The zero-order chi connectivity index (χ0) is 14.9. The van der Waals surface area contributed by atoms with Gasteiger partial charge < -0.3 is 5.11 Å². The molecule has 0 aliphatic carbocycles. The third kappa shape index (κ3) is 2.78. The van der Waals surface area contributed by atoms with Crippen LogP contribution in [0.5, 0.6) is 0 Å². The number of benzene rings is 1. The zero-order valence-corrected chi connectivity index (χ0v) is 13.1. The molecule has 1 heterocycles. The van der Waals surface area contributed by atoms with Gasteiger partial charge in [-0.05, 0) is 40.0 Å². The predicted molar refractivity (Wildman–Crippen MR) is 84.9 cm³/mol. The van der Waals surface area contributed by atoms with Gasteiger partial charge in [-0.3, -0.25) is 0 Å². The first kappa shape index (κ1) is 14.8. The average Bonchev–Trinajstić information content (AvgIpc) is 2.86. The van der Waals surface area contributed by atoms with E-state index in [4.69, 9.17) is 0 Å². The van der Waals surface area contributed by atoms with Crippen LogP contribution >= 0.6 is 11.3 Å². The molecule has 0 aliphatic heterocycles. The first-order chi connectivity index (χ1) is 9.41. The molecule has 0 atom stereocenters. The minimum atomic E-state index is -0.849. The number of carboxylic acids is 1. The molecule has 0 unspecified atom stereocenters. The molecule has 1 aromatic heterocycles. The van der Waals surface area contributed by atoms with Gasteiger partial charge in [-0.2, -0.15) is 0 Å². The fourth-order valence-electron chi connectivity index (χ4n) is 2.35. The van der Waals surface area contributed by atoms with Crippen molar-refractivity contribution in [3.63, 3.8) is 0 Å². The van der Waals surface area contributed by atoms with Gasteiger partial charge in [-0.25, -0.2) is 4.79 Å². The Labute approximate surface area is 124 Å². The van der Waals surface area contributed by atoms with Crippen LogP contribution in [0.15, 0.2) is 29.6 Å². The molecule has 1 aromatic carbocycles. The highest BCUT2D eigenvalue weighted by molar-refractivity contribution is 7.12. The zero-order valence-electron chi connectivity index (χ0n) is 12.3. The Bertz CT molecular complexity index is 624. The second-order valence-corrected chi connectivity index (χ2v) is 6.54. The molecule has 0 fully saturated rings. The second-order valence-electron chi connectivity index (χ2n) is 5.62. The molecule has 0 spiro atoms. The Kier molecular flexibility index (Phi) is 4.29. The van der Waals surface area contributed by atoms with Crippen LogP contribution in [0.1, 0.15) is 60.3 Å². The summed E-state index contributed by atoms with van der Waals surface area (Å²) in [6.45, 7) is 8.64. The first-order valence-electron chi connectivity index (χ1n) is 6.86. The van der Waals surface area contributed by atoms with Gasteiger partial charge in [0.1, 0.15) is 4.88 Å². The molecule has 20 heavy (non-hydrogen) atoms. The summed E-state index contributed by atoms with van der Waals surface area (Å²) in [5.41, 5.74) is 4.39. The number of carboxylic acid groups (broad SMARTS) is 1. The van der Waals surface area contributed by atoms with E-state index in [9.17, 15) is 9.90 Å². The predicted octanol–water partition coefficient (Wildman–Crippen LogP) is 5.36. The summed E-state index contributed by atoms with van der Waals surface area (Å²) in [6, 6.07) is 8.30. The van der Waals surface area contributed by atoms with Crippen LogP contribution in [-0.2, 0) is 0 Å². The van der Waals surface area contributed by atoms with E-state index in [0.29, 0.717) is 16.7 Å². The monoisotopic (exact) mass is 288 g/mol. The molecule has 1 N–H and O–H groups in total. The third-order valence-electron chi connectivity index (χ3n) is 3.51. The van der Waals surface area contributed by atoms with Crippen molar-refractivity contribution in [1.82, 2.24) is 0 Å². The van der Waals surface area contributed by atoms with Crippen LogP contribution < -0.4 is 0 Å². The Hall–Kier alpha value is -1.61. The molecule has 0 bridgehead atoms. The molecule has 2 aromatic rings. The van der Waals surface area contributed by atoms with Gasteiger partial charge in [-0.15, -0.1) is 11.3 Å². The summed E-state index contributed by atoms with van der Waals surface area (Å²) in [5, 5.41) is 11.1. The number of rotatable bonds is 4. The van der Waals surface area contributed by atoms with Crippen molar-refractivity contribution in [3.8, 4) is 11.1 Å². The smallest absolute Gasteiger partial charge is 0.346 e. The number of thiophene rings is 1. The van der Waals surface area contributed by atoms with E-state index in [2.05, 4.69) is 45.9 Å². The molecule has 2 nitrogen and oxygen atoms in total. The summed E-state index contributed by atoms with van der Waals surface area (Å²) in [6.07, 6.45) is 0. The van der Waals surface area contributed by atoms with E-state index in [1.807, 2.05) is 11.4 Å². The van der Waals surface area contributed by atoms with Crippen LogP contribution in [0.2, 0.25) is 0 Å². The maximum atomic E-state index is 11.3. The van der Waals surface area contributed by atoms with Gasteiger partial charge in [0.2, 0.25) is 0 Å². The van der Waals surface area contributed by atoms with Crippen molar-refractivity contribution in [1.29, 1.82) is 0 Å². The van der Waals surface area contributed by atoms with E-state index in [1.54, 1.807) is 0 Å². The SMILES string of the molecule is CC(C)c1ccc(-c2ccsc2C(=O)O)c(C(C)C)c1. The fraction of sp³-hybridized carbons (Fsp3) is 0.353. The van der Waals surface area contributed by atoms with Crippen LogP contribution in [0.4, 0.5) is 0 Å². The molecule has 0 aliphatic rings. The van der Waals surface area contributed by atoms with Crippen LogP contribution in [0.25, 0.3) is 11.1 Å². The minimum absolute atomic E-state index is 0.366. The largest absolute Gasteiger partial charge is 0.477 e. The lowest BCUT2D eigenvalue weighted by Gasteiger charge is -2.16. The summed E-state index contributed by atoms with van der Waals surface area (Å²) in [7, 11) is 0. The first-order valence-corrected chi connectivity index (χ1v) is 7.74. The van der Waals surface area contributed by atoms with Gasteiger partial charge in [0.25, 0.3) is 0 Å². The minimum Gasteiger partial charge on any atom is -0.477 e. The lowest BCUT2D eigenvalue weighted by Crippen LogP contribution is -2.00. The van der Waals surface area contributed by atoms with Crippen LogP contribution in [0, 0.1) is 0 Å². The van der Waals surface area contributed by atoms with Crippen molar-refractivity contribution in [2.45, 2.75) is 39.5 Å². The third-order valence-corrected chi connectivity index (χ3v) is 4.42. The summed E-state index contributed by atoms with van der Waals surface area (Å²) in [5.74, 6) is -0.00847. The number of aromatic carboxylic acids is 1. The van der Waals surface area contributed by atoms with Crippen molar-refractivity contribution in [2.75, 3.05) is 0 Å². The average molecular weight is 288 g/mol. The molecule has 2 rings (SSSR count). The fourth-order valence-corrected chi connectivity index (χ4v) is 3.10. The van der Waals surface area contributed by atoms with Gasteiger partial charge >= 0.3 is 5.97 Å². The quantitative estimate of drug-likeness (QED) is 0.822. The summed E-state index contributed by atoms with van der Waals surface area (Å²) >= 11 is 1.28. The Morgan fingerprint density at radius 1 is 1.05 bits per heavy atom. The molecule has 0 saturated carbocycles. The highest BCUT2D eigenvalue weighted by atomic mass is 32.1. The molecule has 3 heteroatoms. The van der Waals surface area contributed by atoms with Gasteiger partial charge in [0.15, 0.2) is 0 Å². The maximum absolute atomic E-state index is 11.3. The summed E-state index contributed by atoms with van der Waals surface area (Å²) in [4.78, 5) is 11.7. The number of carbonyl (C=O) groups is 1. The maximum Gasteiger partial charge on any atom is 0.346 e. The normalized spacial score (nSPS) is 11.3.